The lowest BCUT2D eigenvalue weighted by Crippen LogP contribution is -2.12. The average molecular weight is 175 g/mol. The molecular formula is C12H17N. The quantitative estimate of drug-likeness (QED) is 0.725. The summed E-state index contributed by atoms with van der Waals surface area (Å²) in [6.45, 7) is 4.72. The fourth-order valence-corrected chi connectivity index (χ4v) is 2.05. The van der Waals surface area contributed by atoms with Gasteiger partial charge in [0.25, 0.3) is 0 Å². The fourth-order valence-electron chi connectivity index (χ4n) is 2.05. The molecule has 1 saturated heterocycles. The third-order valence-corrected chi connectivity index (χ3v) is 3.02. The van der Waals surface area contributed by atoms with Gasteiger partial charge in [0.1, 0.15) is 0 Å². The van der Waals surface area contributed by atoms with Crippen LogP contribution in [0, 0.1) is 11.8 Å². The van der Waals surface area contributed by atoms with Gasteiger partial charge in [-0.1, -0.05) is 37.3 Å². The van der Waals surface area contributed by atoms with E-state index in [0.717, 1.165) is 11.8 Å². The molecule has 1 fully saturated rings. The van der Waals surface area contributed by atoms with E-state index in [9.17, 15) is 0 Å². The van der Waals surface area contributed by atoms with Gasteiger partial charge in [0.2, 0.25) is 0 Å². The van der Waals surface area contributed by atoms with Gasteiger partial charge in [0.15, 0.2) is 0 Å². The predicted molar refractivity (Wildman–Crippen MR) is 55.7 cm³/mol. The van der Waals surface area contributed by atoms with Gasteiger partial charge in [-0.2, -0.15) is 0 Å². The van der Waals surface area contributed by atoms with E-state index < -0.39 is 0 Å². The van der Waals surface area contributed by atoms with Gasteiger partial charge in [0, 0.05) is 0 Å². The van der Waals surface area contributed by atoms with Gasteiger partial charge in [-0.15, -0.1) is 0 Å². The molecule has 2 rings (SSSR count). The third-order valence-electron chi connectivity index (χ3n) is 3.02. The first-order valence-electron chi connectivity index (χ1n) is 5.11. The van der Waals surface area contributed by atoms with E-state index in [0.29, 0.717) is 0 Å². The molecule has 1 heterocycles. The first-order valence-corrected chi connectivity index (χ1v) is 5.11. The molecule has 1 aromatic rings. The van der Waals surface area contributed by atoms with Crippen LogP contribution >= 0.6 is 0 Å². The van der Waals surface area contributed by atoms with Gasteiger partial charge < -0.3 is 5.32 Å². The van der Waals surface area contributed by atoms with Gasteiger partial charge in [-0.3, -0.25) is 0 Å². The lowest BCUT2D eigenvalue weighted by molar-refractivity contribution is 0.451. The summed E-state index contributed by atoms with van der Waals surface area (Å²) in [4.78, 5) is 0. The topological polar surface area (TPSA) is 12.0 Å². The highest BCUT2D eigenvalue weighted by Crippen LogP contribution is 2.20. The minimum Gasteiger partial charge on any atom is -0.316 e. The number of hydrogen-bond donors (Lipinski definition) is 1. The molecule has 0 aromatic heterocycles. The SMILES string of the molecule is CC1CNC[C@@H]1Cc1ccccc1. The van der Waals surface area contributed by atoms with E-state index in [2.05, 4.69) is 42.6 Å². The largest absolute Gasteiger partial charge is 0.316 e. The smallest absolute Gasteiger partial charge is 0.00142 e. The van der Waals surface area contributed by atoms with Crippen LogP contribution in [0.4, 0.5) is 0 Å². The Kier molecular flexibility index (Phi) is 2.65. The van der Waals surface area contributed by atoms with E-state index in [4.69, 9.17) is 0 Å². The monoisotopic (exact) mass is 175 g/mol. The minimum absolute atomic E-state index is 0.834. The predicted octanol–water partition coefficient (Wildman–Crippen LogP) is 2.08. The molecule has 1 nitrogen and oxygen atoms in total. The van der Waals surface area contributed by atoms with E-state index >= 15 is 0 Å². The van der Waals surface area contributed by atoms with Gasteiger partial charge in [-0.05, 0) is 36.9 Å². The molecule has 0 bridgehead atoms. The first-order chi connectivity index (χ1) is 6.36. The van der Waals surface area contributed by atoms with Gasteiger partial charge in [0.05, 0.1) is 0 Å². The summed E-state index contributed by atoms with van der Waals surface area (Å²) in [5.41, 5.74) is 1.48. The zero-order valence-electron chi connectivity index (χ0n) is 8.16. The van der Waals surface area contributed by atoms with Crippen molar-refractivity contribution in [1.29, 1.82) is 0 Å². The van der Waals surface area contributed by atoms with E-state index in [1.54, 1.807) is 0 Å². The van der Waals surface area contributed by atoms with Crippen molar-refractivity contribution in [3.63, 3.8) is 0 Å². The minimum atomic E-state index is 0.834. The van der Waals surface area contributed by atoms with E-state index in [1.807, 2.05) is 0 Å². The number of rotatable bonds is 2. The summed E-state index contributed by atoms with van der Waals surface area (Å²) in [5.74, 6) is 1.67. The Morgan fingerprint density at radius 2 is 2.00 bits per heavy atom. The van der Waals surface area contributed by atoms with Crippen molar-refractivity contribution in [2.24, 2.45) is 11.8 Å². The zero-order chi connectivity index (χ0) is 9.10. The van der Waals surface area contributed by atoms with Crippen molar-refractivity contribution in [1.82, 2.24) is 5.32 Å². The lowest BCUT2D eigenvalue weighted by Gasteiger charge is -2.13. The molecule has 1 aliphatic rings. The molecule has 1 aromatic carbocycles. The summed E-state index contributed by atoms with van der Waals surface area (Å²) in [5, 5.41) is 3.44. The van der Waals surface area contributed by atoms with Crippen LogP contribution < -0.4 is 5.32 Å². The van der Waals surface area contributed by atoms with Gasteiger partial charge in [-0.25, -0.2) is 0 Å². The molecule has 13 heavy (non-hydrogen) atoms. The first kappa shape index (κ1) is 8.76. The summed E-state index contributed by atoms with van der Waals surface area (Å²) < 4.78 is 0. The Balaban J connectivity index is 1.98. The summed E-state index contributed by atoms with van der Waals surface area (Å²) in [6, 6.07) is 10.8. The number of nitrogens with one attached hydrogen (secondary N) is 1. The van der Waals surface area contributed by atoms with Crippen LogP contribution in [0.3, 0.4) is 0 Å². The second-order valence-electron chi connectivity index (χ2n) is 4.09. The van der Waals surface area contributed by atoms with Crippen LogP contribution in [0.15, 0.2) is 30.3 Å². The molecule has 0 amide bonds. The normalized spacial score (nSPS) is 27.8. The summed E-state index contributed by atoms with van der Waals surface area (Å²) in [6.07, 6.45) is 1.23. The lowest BCUT2D eigenvalue weighted by atomic mass is 9.91. The Hall–Kier alpha value is -0.820. The molecule has 1 unspecified atom stereocenters. The molecule has 2 atom stereocenters. The molecule has 1 aliphatic heterocycles. The maximum absolute atomic E-state index is 3.44. The summed E-state index contributed by atoms with van der Waals surface area (Å²) in [7, 11) is 0. The van der Waals surface area contributed by atoms with Gasteiger partial charge >= 0.3 is 0 Å². The van der Waals surface area contributed by atoms with Crippen molar-refractivity contribution in [2.45, 2.75) is 13.3 Å². The highest BCUT2D eigenvalue weighted by atomic mass is 14.9. The standard InChI is InChI=1S/C12H17N/c1-10-8-13-9-12(10)7-11-5-3-2-4-6-11/h2-6,10,12-13H,7-9H2,1H3/t10?,12-/m0/s1. The molecule has 70 valence electrons. The van der Waals surface area contributed by atoms with Crippen LogP contribution in [0.25, 0.3) is 0 Å². The molecule has 1 N–H and O–H groups in total. The Morgan fingerprint density at radius 3 is 2.62 bits per heavy atom. The molecular weight excluding hydrogens is 158 g/mol. The van der Waals surface area contributed by atoms with Crippen LogP contribution in [0.2, 0.25) is 0 Å². The molecule has 0 radical (unpaired) electrons. The van der Waals surface area contributed by atoms with E-state index in [1.165, 1.54) is 25.1 Å². The Morgan fingerprint density at radius 1 is 1.23 bits per heavy atom. The molecule has 0 spiro atoms. The van der Waals surface area contributed by atoms with Crippen molar-refractivity contribution < 1.29 is 0 Å². The van der Waals surface area contributed by atoms with Crippen LogP contribution in [0.1, 0.15) is 12.5 Å². The Labute approximate surface area is 80.2 Å². The number of benzene rings is 1. The fraction of sp³-hybridized carbons (Fsp3) is 0.500. The Bertz CT molecular complexity index is 255. The van der Waals surface area contributed by atoms with E-state index in [-0.39, 0.29) is 0 Å². The van der Waals surface area contributed by atoms with Crippen LogP contribution in [0.5, 0.6) is 0 Å². The maximum atomic E-state index is 3.44. The summed E-state index contributed by atoms with van der Waals surface area (Å²) >= 11 is 0. The van der Waals surface area contributed by atoms with Crippen LogP contribution in [-0.4, -0.2) is 13.1 Å². The third kappa shape index (κ3) is 2.10. The van der Waals surface area contributed by atoms with Crippen molar-refractivity contribution in [3.05, 3.63) is 35.9 Å². The maximum Gasteiger partial charge on any atom is -0.00142 e. The highest BCUT2D eigenvalue weighted by Gasteiger charge is 2.22. The van der Waals surface area contributed by atoms with Crippen molar-refractivity contribution in [3.8, 4) is 0 Å². The average Bonchev–Trinajstić information content (AvgIpc) is 2.54. The second-order valence-corrected chi connectivity index (χ2v) is 4.09. The molecule has 0 saturated carbocycles. The number of hydrogen-bond acceptors (Lipinski definition) is 1. The second kappa shape index (κ2) is 3.93. The highest BCUT2D eigenvalue weighted by molar-refractivity contribution is 5.15. The zero-order valence-corrected chi connectivity index (χ0v) is 8.16. The molecule has 0 aliphatic carbocycles. The van der Waals surface area contributed by atoms with Crippen molar-refractivity contribution >= 4 is 0 Å². The van der Waals surface area contributed by atoms with Crippen molar-refractivity contribution in [2.75, 3.05) is 13.1 Å². The van der Waals surface area contributed by atoms with Crippen LogP contribution in [-0.2, 0) is 6.42 Å². The molecule has 1 heteroatoms.